The number of aliphatic hydroxyl groups is 3. The summed E-state index contributed by atoms with van der Waals surface area (Å²) in [4.78, 5) is 11.4. The topological polar surface area (TPSA) is 108 Å². The number of amides is 1. The first-order valence-corrected chi connectivity index (χ1v) is 7.73. The van der Waals surface area contributed by atoms with Crippen molar-refractivity contribution in [3.8, 4) is 5.75 Å². The zero-order valence-corrected chi connectivity index (χ0v) is 13.5. The molecule has 0 aromatic heterocycles. The maximum absolute atomic E-state index is 11.4. The summed E-state index contributed by atoms with van der Waals surface area (Å²) in [6.07, 6.45) is -2.45. The van der Waals surface area contributed by atoms with E-state index in [9.17, 15) is 20.1 Å². The van der Waals surface area contributed by atoms with Crippen LogP contribution in [0.15, 0.2) is 36.9 Å². The van der Waals surface area contributed by atoms with Gasteiger partial charge < -0.3 is 30.1 Å². The molecule has 132 valence electrons. The Hall–Kier alpha value is -1.93. The van der Waals surface area contributed by atoms with E-state index in [0.717, 1.165) is 5.56 Å². The van der Waals surface area contributed by atoms with E-state index in [1.807, 2.05) is 12.1 Å². The molecule has 4 N–H and O–H groups in total. The van der Waals surface area contributed by atoms with Gasteiger partial charge in [0.2, 0.25) is 12.2 Å². The molecule has 1 aliphatic heterocycles. The smallest absolute Gasteiger partial charge is 0.223 e. The molecule has 0 bridgehead atoms. The second-order valence-corrected chi connectivity index (χ2v) is 5.65. The molecule has 7 nitrogen and oxygen atoms in total. The molecule has 5 atom stereocenters. The molecule has 1 saturated heterocycles. The van der Waals surface area contributed by atoms with Crippen molar-refractivity contribution in [1.29, 1.82) is 0 Å². The molecule has 1 aromatic rings. The molecule has 1 heterocycles. The number of allylic oxidation sites excluding steroid dienone is 1. The number of para-hydroxylation sites is 1. The van der Waals surface area contributed by atoms with Crippen LogP contribution in [0.5, 0.6) is 5.75 Å². The highest BCUT2D eigenvalue weighted by Gasteiger charge is 2.46. The molecule has 7 heteroatoms. The Kier molecular flexibility index (Phi) is 6.33. The van der Waals surface area contributed by atoms with Gasteiger partial charge in [-0.3, -0.25) is 4.79 Å². The summed E-state index contributed by atoms with van der Waals surface area (Å²) in [5.41, 5.74) is 0.860. The van der Waals surface area contributed by atoms with Gasteiger partial charge in [0, 0.05) is 6.92 Å². The molecule has 0 aliphatic carbocycles. The minimum atomic E-state index is -1.34. The SMILES string of the molecule is C=CCc1ccccc1O[C@@H]1O[C@H](CO)[C@H](O)[C@@H](O)[C@@H]1NC(C)=O. The van der Waals surface area contributed by atoms with Crippen LogP contribution in [0.1, 0.15) is 12.5 Å². The van der Waals surface area contributed by atoms with Gasteiger partial charge in [0.25, 0.3) is 0 Å². The quantitative estimate of drug-likeness (QED) is 0.533. The number of hydrogen-bond donors (Lipinski definition) is 4. The lowest BCUT2D eigenvalue weighted by Gasteiger charge is -2.42. The maximum atomic E-state index is 11.4. The van der Waals surface area contributed by atoms with Gasteiger partial charge in [-0.25, -0.2) is 0 Å². The highest BCUT2D eigenvalue weighted by Crippen LogP contribution is 2.27. The number of nitrogens with one attached hydrogen (secondary N) is 1. The molecule has 0 spiro atoms. The lowest BCUT2D eigenvalue weighted by molar-refractivity contribution is -0.244. The largest absolute Gasteiger partial charge is 0.462 e. The minimum absolute atomic E-state index is 0.398. The Bertz CT molecular complexity index is 578. The normalized spacial score (nSPS) is 29.8. The molecular weight excluding hydrogens is 314 g/mol. The zero-order valence-electron chi connectivity index (χ0n) is 13.5. The number of hydrogen-bond acceptors (Lipinski definition) is 6. The van der Waals surface area contributed by atoms with Crippen LogP contribution in [0.3, 0.4) is 0 Å². The van der Waals surface area contributed by atoms with Crippen LogP contribution in [0, 0.1) is 0 Å². The van der Waals surface area contributed by atoms with Gasteiger partial charge in [0.05, 0.1) is 6.61 Å². The second-order valence-electron chi connectivity index (χ2n) is 5.65. The van der Waals surface area contributed by atoms with Crippen molar-refractivity contribution in [3.05, 3.63) is 42.5 Å². The van der Waals surface area contributed by atoms with E-state index in [4.69, 9.17) is 9.47 Å². The lowest BCUT2D eigenvalue weighted by atomic mass is 9.97. The van der Waals surface area contributed by atoms with Crippen LogP contribution in [0.4, 0.5) is 0 Å². The summed E-state index contributed by atoms with van der Waals surface area (Å²) in [6, 6.07) is 6.26. The van der Waals surface area contributed by atoms with Crippen molar-refractivity contribution in [1.82, 2.24) is 5.32 Å². The second kappa shape index (κ2) is 8.25. The van der Waals surface area contributed by atoms with Crippen LogP contribution < -0.4 is 10.1 Å². The van der Waals surface area contributed by atoms with Gasteiger partial charge in [0.1, 0.15) is 30.1 Å². The molecule has 2 rings (SSSR count). The summed E-state index contributed by atoms with van der Waals surface area (Å²) < 4.78 is 11.4. The van der Waals surface area contributed by atoms with Crippen molar-refractivity contribution in [2.75, 3.05) is 6.61 Å². The molecular formula is C17H23NO6. The van der Waals surface area contributed by atoms with Crippen molar-refractivity contribution in [2.45, 2.75) is 44.0 Å². The van der Waals surface area contributed by atoms with Gasteiger partial charge >= 0.3 is 0 Å². The average Bonchev–Trinajstić information content (AvgIpc) is 2.56. The number of rotatable bonds is 6. The van der Waals surface area contributed by atoms with E-state index in [1.165, 1.54) is 6.92 Å². The van der Waals surface area contributed by atoms with Gasteiger partial charge in [-0.1, -0.05) is 24.3 Å². The first-order valence-electron chi connectivity index (χ1n) is 7.73. The number of ether oxygens (including phenoxy) is 2. The third-order valence-corrected chi connectivity index (χ3v) is 3.83. The molecule has 1 aliphatic rings. The maximum Gasteiger partial charge on any atom is 0.223 e. The summed E-state index contributed by atoms with van der Waals surface area (Å²) >= 11 is 0. The predicted octanol–water partition coefficient (Wildman–Crippen LogP) is -0.262. The Morgan fingerprint density at radius 1 is 1.38 bits per heavy atom. The van der Waals surface area contributed by atoms with Crippen LogP contribution in [0.25, 0.3) is 0 Å². The third kappa shape index (κ3) is 4.12. The number of benzene rings is 1. The average molecular weight is 337 g/mol. The summed E-state index contributed by atoms with van der Waals surface area (Å²) in [5.74, 6) is 0.114. The Balaban J connectivity index is 2.26. The number of carbonyl (C=O) groups is 1. The zero-order chi connectivity index (χ0) is 17.7. The fourth-order valence-corrected chi connectivity index (χ4v) is 2.64. The van der Waals surface area contributed by atoms with E-state index in [0.29, 0.717) is 12.2 Å². The monoisotopic (exact) mass is 337 g/mol. The van der Waals surface area contributed by atoms with Crippen molar-refractivity contribution < 1.29 is 29.6 Å². The predicted molar refractivity (Wildman–Crippen MR) is 86.3 cm³/mol. The Labute approximate surface area is 140 Å². The van der Waals surface area contributed by atoms with Crippen LogP contribution in [-0.2, 0) is 16.0 Å². The highest BCUT2D eigenvalue weighted by molar-refractivity contribution is 5.73. The van der Waals surface area contributed by atoms with Crippen LogP contribution in [0.2, 0.25) is 0 Å². The van der Waals surface area contributed by atoms with Crippen LogP contribution in [-0.4, -0.2) is 58.5 Å². The van der Waals surface area contributed by atoms with Crippen LogP contribution >= 0.6 is 0 Å². The summed E-state index contributed by atoms with van der Waals surface area (Å²) in [5, 5.41) is 32.1. The molecule has 24 heavy (non-hydrogen) atoms. The van der Waals surface area contributed by atoms with Crippen molar-refractivity contribution in [2.24, 2.45) is 0 Å². The van der Waals surface area contributed by atoms with E-state index in [1.54, 1.807) is 18.2 Å². The summed E-state index contributed by atoms with van der Waals surface area (Å²) in [6.45, 7) is 4.50. The summed E-state index contributed by atoms with van der Waals surface area (Å²) in [7, 11) is 0. The number of aliphatic hydroxyl groups excluding tert-OH is 3. The van der Waals surface area contributed by atoms with Crippen molar-refractivity contribution >= 4 is 5.91 Å². The molecule has 0 radical (unpaired) electrons. The minimum Gasteiger partial charge on any atom is -0.462 e. The van der Waals surface area contributed by atoms with Gasteiger partial charge in [-0.2, -0.15) is 0 Å². The van der Waals surface area contributed by atoms with Gasteiger partial charge in [-0.05, 0) is 18.1 Å². The fraction of sp³-hybridized carbons (Fsp3) is 0.471. The number of carbonyl (C=O) groups excluding carboxylic acids is 1. The Morgan fingerprint density at radius 2 is 2.08 bits per heavy atom. The molecule has 1 aromatic carbocycles. The molecule has 0 saturated carbocycles. The first-order chi connectivity index (χ1) is 11.5. The van der Waals surface area contributed by atoms with Gasteiger partial charge in [0.15, 0.2) is 0 Å². The van der Waals surface area contributed by atoms with E-state index >= 15 is 0 Å². The lowest BCUT2D eigenvalue weighted by Crippen LogP contribution is -2.65. The Morgan fingerprint density at radius 3 is 2.71 bits per heavy atom. The van der Waals surface area contributed by atoms with E-state index in [2.05, 4.69) is 11.9 Å². The van der Waals surface area contributed by atoms with E-state index in [-0.39, 0.29) is 0 Å². The molecule has 1 amide bonds. The van der Waals surface area contributed by atoms with Crippen molar-refractivity contribution in [3.63, 3.8) is 0 Å². The first kappa shape index (κ1) is 18.4. The fourth-order valence-electron chi connectivity index (χ4n) is 2.64. The molecule has 1 fully saturated rings. The van der Waals surface area contributed by atoms with E-state index < -0.39 is 43.2 Å². The molecule has 0 unspecified atom stereocenters. The standard InChI is InChI=1S/C17H23NO6/c1-3-6-11-7-4-5-8-12(11)23-17-14(18-10(2)20)16(22)15(21)13(9-19)24-17/h3-5,7-8,13-17,19,21-22H,1,6,9H2,2H3,(H,18,20)/t13-,14+,15+,16+,17-/m1/s1. The van der Waals surface area contributed by atoms with Gasteiger partial charge in [-0.15, -0.1) is 6.58 Å². The third-order valence-electron chi connectivity index (χ3n) is 3.83. The highest BCUT2D eigenvalue weighted by atomic mass is 16.7.